The van der Waals surface area contributed by atoms with Crippen LogP contribution in [0, 0.1) is 0 Å². The molecule has 0 aliphatic carbocycles. The highest BCUT2D eigenvalue weighted by Gasteiger charge is 2.22. The highest BCUT2D eigenvalue weighted by atomic mass is 15.2. The molecule has 11 rings (SSSR count). The minimum atomic E-state index is 0.662. The first-order chi connectivity index (χ1) is 24.8. The van der Waals surface area contributed by atoms with Crippen LogP contribution in [0.5, 0.6) is 0 Å². The third-order valence-electron chi connectivity index (χ3n) is 10.3. The van der Waals surface area contributed by atoms with Gasteiger partial charge < -0.3 is 4.57 Å². The summed E-state index contributed by atoms with van der Waals surface area (Å²) in [6.45, 7) is 0. The molecule has 0 aliphatic heterocycles. The molecule has 0 saturated carbocycles. The molecule has 0 bridgehead atoms. The molecule has 3 heterocycles. The van der Waals surface area contributed by atoms with E-state index in [2.05, 4.69) is 179 Å². The van der Waals surface area contributed by atoms with Gasteiger partial charge >= 0.3 is 0 Å². The van der Waals surface area contributed by atoms with Crippen LogP contribution in [-0.4, -0.2) is 19.1 Å². The monoisotopic (exact) mass is 636 g/mol. The predicted molar refractivity (Wildman–Crippen MR) is 209 cm³/mol. The van der Waals surface area contributed by atoms with Crippen molar-refractivity contribution in [1.29, 1.82) is 0 Å². The lowest BCUT2D eigenvalue weighted by Gasteiger charge is -2.13. The summed E-state index contributed by atoms with van der Waals surface area (Å²) in [5, 5.41) is 10.6. The molecular formula is C46H28N4. The largest absolute Gasteiger partial charge is 0.309 e. The number of benzene rings is 8. The second-order valence-electron chi connectivity index (χ2n) is 13.0. The molecule has 232 valence electrons. The van der Waals surface area contributed by atoms with Gasteiger partial charge in [0.25, 0.3) is 0 Å². The van der Waals surface area contributed by atoms with Gasteiger partial charge in [0.2, 0.25) is 5.95 Å². The molecule has 4 nitrogen and oxygen atoms in total. The van der Waals surface area contributed by atoms with Crippen LogP contribution < -0.4 is 0 Å². The van der Waals surface area contributed by atoms with Crippen LogP contribution >= 0.6 is 0 Å². The normalized spacial score (nSPS) is 12.0. The first-order valence-corrected chi connectivity index (χ1v) is 17.0. The van der Waals surface area contributed by atoms with E-state index in [1.807, 2.05) is 0 Å². The van der Waals surface area contributed by atoms with Gasteiger partial charge in [-0.15, -0.1) is 0 Å². The van der Waals surface area contributed by atoms with Gasteiger partial charge in [-0.05, 0) is 76.1 Å². The molecule has 11 aromatic rings. The molecule has 0 radical (unpaired) electrons. The van der Waals surface area contributed by atoms with Crippen molar-refractivity contribution in [2.75, 3.05) is 0 Å². The Labute approximate surface area is 287 Å². The summed E-state index contributed by atoms with van der Waals surface area (Å²) in [5.74, 6) is 0.662. The Morgan fingerprint density at radius 3 is 1.70 bits per heavy atom. The summed E-state index contributed by atoms with van der Waals surface area (Å²) in [6.07, 6.45) is 0. The molecule has 0 spiro atoms. The first-order valence-electron chi connectivity index (χ1n) is 17.0. The van der Waals surface area contributed by atoms with Crippen molar-refractivity contribution in [2.45, 2.75) is 0 Å². The fourth-order valence-corrected chi connectivity index (χ4v) is 8.05. The summed E-state index contributed by atoms with van der Waals surface area (Å²) in [4.78, 5) is 10.8. The van der Waals surface area contributed by atoms with Crippen LogP contribution in [-0.2, 0) is 0 Å². The van der Waals surface area contributed by atoms with E-state index in [1.54, 1.807) is 0 Å². The zero-order valence-electron chi connectivity index (χ0n) is 27.0. The summed E-state index contributed by atoms with van der Waals surface area (Å²) >= 11 is 0. The van der Waals surface area contributed by atoms with Gasteiger partial charge in [-0.3, -0.25) is 4.57 Å². The zero-order valence-corrected chi connectivity index (χ0v) is 27.0. The van der Waals surface area contributed by atoms with E-state index in [0.717, 1.165) is 44.4 Å². The summed E-state index contributed by atoms with van der Waals surface area (Å²) in [5.41, 5.74) is 8.54. The average molecular weight is 637 g/mol. The number of hydrogen-bond donors (Lipinski definition) is 0. The Hall–Kier alpha value is -6.78. The third kappa shape index (κ3) is 3.87. The highest BCUT2D eigenvalue weighted by Crippen LogP contribution is 2.42. The first kappa shape index (κ1) is 27.2. The Morgan fingerprint density at radius 1 is 0.360 bits per heavy atom. The lowest BCUT2D eigenvalue weighted by molar-refractivity contribution is 1.01. The fourth-order valence-electron chi connectivity index (χ4n) is 8.05. The number of aromatic nitrogens is 4. The summed E-state index contributed by atoms with van der Waals surface area (Å²) in [7, 11) is 0. The summed E-state index contributed by atoms with van der Waals surface area (Å²) < 4.78 is 4.64. The number of fused-ring (bicyclic) bond motifs is 9. The van der Waals surface area contributed by atoms with Gasteiger partial charge in [-0.25, -0.2) is 9.97 Å². The molecule has 0 fully saturated rings. The van der Waals surface area contributed by atoms with Crippen LogP contribution in [0.15, 0.2) is 170 Å². The van der Waals surface area contributed by atoms with E-state index in [0.29, 0.717) is 5.95 Å². The maximum absolute atomic E-state index is 5.54. The zero-order chi connectivity index (χ0) is 32.8. The molecule has 0 aliphatic rings. The quantitative estimate of drug-likeness (QED) is 0.193. The SMILES string of the molecule is c1ccc(-n2c3cc4ccccc4cc3c3c(-c4nc(-n5c6ccccc6c6cc7ccccc7cc65)nc5ccccc45)cccc32)cc1. The van der Waals surface area contributed by atoms with Crippen molar-refractivity contribution in [3.8, 4) is 22.9 Å². The lowest BCUT2D eigenvalue weighted by Crippen LogP contribution is -2.03. The number of rotatable bonds is 3. The van der Waals surface area contributed by atoms with Gasteiger partial charge in [0.15, 0.2) is 0 Å². The molecule has 0 atom stereocenters. The molecule has 3 aromatic heterocycles. The standard InChI is InChI=1S/C46H28N4/c1-2-17-33(18-3-1)49-41-24-12-21-36(44(41)38-26-30-14-5-7-16-32(30)28-43(38)49)45-35-20-8-10-22-39(35)47-46(48-45)50-40-23-11-9-19-34(40)37-25-29-13-4-6-15-31(29)27-42(37)50/h1-28H. The van der Waals surface area contributed by atoms with Crippen LogP contribution in [0.3, 0.4) is 0 Å². The maximum atomic E-state index is 5.54. The van der Waals surface area contributed by atoms with Gasteiger partial charge in [0, 0.05) is 38.2 Å². The van der Waals surface area contributed by atoms with E-state index < -0.39 is 0 Å². The van der Waals surface area contributed by atoms with E-state index in [1.165, 1.54) is 48.6 Å². The maximum Gasteiger partial charge on any atom is 0.235 e. The van der Waals surface area contributed by atoms with Crippen molar-refractivity contribution in [1.82, 2.24) is 19.1 Å². The van der Waals surface area contributed by atoms with Gasteiger partial charge in [-0.1, -0.05) is 115 Å². The minimum Gasteiger partial charge on any atom is -0.309 e. The molecule has 50 heavy (non-hydrogen) atoms. The molecule has 0 saturated heterocycles. The van der Waals surface area contributed by atoms with Crippen LogP contribution in [0.1, 0.15) is 0 Å². The fraction of sp³-hybridized carbons (Fsp3) is 0. The van der Waals surface area contributed by atoms with Crippen LogP contribution in [0.4, 0.5) is 0 Å². The minimum absolute atomic E-state index is 0.662. The Balaban J connectivity index is 1.27. The lowest BCUT2D eigenvalue weighted by atomic mass is 9.99. The van der Waals surface area contributed by atoms with E-state index in [-0.39, 0.29) is 0 Å². The second-order valence-corrected chi connectivity index (χ2v) is 13.0. The molecular weight excluding hydrogens is 609 g/mol. The Bertz CT molecular complexity index is 3150. The van der Waals surface area contributed by atoms with Crippen molar-refractivity contribution in [3.63, 3.8) is 0 Å². The van der Waals surface area contributed by atoms with Crippen molar-refractivity contribution in [3.05, 3.63) is 170 Å². The van der Waals surface area contributed by atoms with Gasteiger partial charge in [-0.2, -0.15) is 0 Å². The number of hydrogen-bond acceptors (Lipinski definition) is 2. The van der Waals surface area contributed by atoms with E-state index in [4.69, 9.17) is 9.97 Å². The second kappa shape index (κ2) is 10.4. The molecule has 0 amide bonds. The van der Waals surface area contributed by atoms with Gasteiger partial charge in [0.1, 0.15) is 0 Å². The van der Waals surface area contributed by atoms with Crippen molar-refractivity contribution >= 4 is 76.1 Å². The van der Waals surface area contributed by atoms with E-state index >= 15 is 0 Å². The van der Waals surface area contributed by atoms with Crippen molar-refractivity contribution in [2.24, 2.45) is 0 Å². The van der Waals surface area contributed by atoms with Crippen molar-refractivity contribution < 1.29 is 0 Å². The predicted octanol–water partition coefficient (Wildman–Crippen LogP) is 11.8. The summed E-state index contributed by atoms with van der Waals surface area (Å²) in [6, 6.07) is 60.7. The molecule has 4 heteroatoms. The topological polar surface area (TPSA) is 35.6 Å². The average Bonchev–Trinajstić information content (AvgIpc) is 3.67. The highest BCUT2D eigenvalue weighted by molar-refractivity contribution is 6.20. The number of para-hydroxylation sites is 3. The van der Waals surface area contributed by atoms with E-state index in [9.17, 15) is 0 Å². The Kier molecular flexibility index (Phi) is 5.63. The molecule has 0 N–H and O–H groups in total. The van der Waals surface area contributed by atoms with Crippen LogP contribution in [0.2, 0.25) is 0 Å². The molecule has 8 aromatic carbocycles. The van der Waals surface area contributed by atoms with Gasteiger partial charge in [0.05, 0.1) is 33.3 Å². The Morgan fingerprint density at radius 2 is 0.940 bits per heavy atom. The van der Waals surface area contributed by atoms with Crippen LogP contribution in [0.25, 0.3) is 99.0 Å². The smallest absolute Gasteiger partial charge is 0.235 e. The third-order valence-corrected chi connectivity index (χ3v) is 10.3. The number of nitrogens with zero attached hydrogens (tertiary/aromatic N) is 4. The molecule has 0 unspecified atom stereocenters.